The van der Waals surface area contributed by atoms with Gasteiger partial charge in [-0.3, -0.25) is 0 Å². The average molecular weight is 255 g/mol. The van der Waals surface area contributed by atoms with E-state index >= 15 is 0 Å². The van der Waals surface area contributed by atoms with Gasteiger partial charge in [-0.25, -0.2) is 13.4 Å². The van der Waals surface area contributed by atoms with Gasteiger partial charge in [-0.2, -0.15) is 0 Å². The predicted octanol–water partition coefficient (Wildman–Crippen LogP) is 0.529. The molecule has 0 bridgehead atoms. The number of rotatable bonds is 3. The van der Waals surface area contributed by atoms with Crippen LogP contribution in [0.25, 0.3) is 0 Å². The molecule has 2 rings (SSSR count). The highest BCUT2D eigenvalue weighted by Crippen LogP contribution is 2.16. The van der Waals surface area contributed by atoms with Gasteiger partial charge < -0.3 is 11.1 Å². The number of hydrogen-bond acceptors (Lipinski definition) is 5. The van der Waals surface area contributed by atoms with Gasteiger partial charge in [-0.15, -0.1) is 0 Å². The topological polar surface area (TPSA) is 85.1 Å². The second-order valence-electron chi connectivity index (χ2n) is 4.35. The molecule has 0 saturated carbocycles. The maximum absolute atomic E-state index is 11.5. The highest BCUT2D eigenvalue weighted by Gasteiger charge is 2.24. The Morgan fingerprint density at radius 2 is 2.35 bits per heavy atom. The number of aromatic nitrogens is 1. The Balaban J connectivity index is 2.05. The predicted molar refractivity (Wildman–Crippen MR) is 67.4 cm³/mol. The maximum atomic E-state index is 11.5. The Morgan fingerprint density at radius 3 is 3.06 bits per heavy atom. The SMILES string of the molecule is NCc1ccnc(NC2CCCS(=O)(=O)C2)c1. The van der Waals surface area contributed by atoms with Crippen molar-refractivity contribution in [1.82, 2.24) is 4.98 Å². The largest absolute Gasteiger partial charge is 0.366 e. The van der Waals surface area contributed by atoms with Gasteiger partial charge in [0.05, 0.1) is 11.5 Å². The van der Waals surface area contributed by atoms with Crippen molar-refractivity contribution in [2.75, 3.05) is 16.8 Å². The number of anilines is 1. The van der Waals surface area contributed by atoms with Crippen LogP contribution in [0.1, 0.15) is 18.4 Å². The van der Waals surface area contributed by atoms with E-state index in [2.05, 4.69) is 10.3 Å². The molecule has 1 aliphatic heterocycles. The molecule has 94 valence electrons. The van der Waals surface area contributed by atoms with Crippen LogP contribution in [0.15, 0.2) is 18.3 Å². The molecule has 2 heterocycles. The van der Waals surface area contributed by atoms with Gasteiger partial charge in [0, 0.05) is 18.8 Å². The van der Waals surface area contributed by atoms with Crippen LogP contribution in [0.4, 0.5) is 5.82 Å². The van der Waals surface area contributed by atoms with Crippen molar-refractivity contribution in [1.29, 1.82) is 0 Å². The van der Waals surface area contributed by atoms with Gasteiger partial charge in [-0.05, 0) is 30.5 Å². The summed E-state index contributed by atoms with van der Waals surface area (Å²) in [6.45, 7) is 0.458. The van der Waals surface area contributed by atoms with E-state index in [4.69, 9.17) is 5.73 Å². The second kappa shape index (κ2) is 5.01. The molecule has 0 aromatic carbocycles. The fourth-order valence-corrected chi connectivity index (χ4v) is 3.66. The summed E-state index contributed by atoms with van der Waals surface area (Å²) in [5.41, 5.74) is 6.53. The first-order chi connectivity index (χ1) is 8.09. The van der Waals surface area contributed by atoms with Gasteiger partial charge >= 0.3 is 0 Å². The number of nitrogens with zero attached hydrogens (tertiary/aromatic N) is 1. The summed E-state index contributed by atoms with van der Waals surface area (Å²) in [5.74, 6) is 1.21. The molecule has 1 unspecified atom stereocenters. The molecule has 1 aliphatic rings. The highest BCUT2D eigenvalue weighted by molar-refractivity contribution is 7.91. The lowest BCUT2D eigenvalue weighted by molar-refractivity contribution is 0.561. The normalized spacial score (nSPS) is 23.2. The smallest absolute Gasteiger partial charge is 0.152 e. The minimum absolute atomic E-state index is 0.0331. The summed E-state index contributed by atoms with van der Waals surface area (Å²) in [6.07, 6.45) is 3.27. The van der Waals surface area contributed by atoms with Crippen LogP contribution in [0.5, 0.6) is 0 Å². The van der Waals surface area contributed by atoms with Crippen LogP contribution in [0.2, 0.25) is 0 Å². The molecule has 3 N–H and O–H groups in total. The van der Waals surface area contributed by atoms with Crippen molar-refractivity contribution in [2.24, 2.45) is 5.73 Å². The summed E-state index contributed by atoms with van der Waals surface area (Å²) in [6, 6.07) is 3.68. The van der Waals surface area contributed by atoms with Gasteiger partial charge in [0.2, 0.25) is 0 Å². The van der Waals surface area contributed by atoms with Gasteiger partial charge in [0.1, 0.15) is 5.82 Å². The van der Waals surface area contributed by atoms with Crippen LogP contribution >= 0.6 is 0 Å². The van der Waals surface area contributed by atoms with Crippen molar-refractivity contribution < 1.29 is 8.42 Å². The lowest BCUT2D eigenvalue weighted by Gasteiger charge is -2.23. The molecule has 1 saturated heterocycles. The Hall–Kier alpha value is -1.14. The van der Waals surface area contributed by atoms with E-state index in [0.717, 1.165) is 18.4 Å². The van der Waals surface area contributed by atoms with E-state index in [0.29, 0.717) is 18.1 Å². The zero-order chi connectivity index (χ0) is 12.3. The molecule has 1 atom stereocenters. The standard InChI is InChI=1S/C11H17N3O2S/c12-7-9-3-4-13-11(6-9)14-10-2-1-5-17(15,16)8-10/h3-4,6,10H,1-2,5,7-8,12H2,(H,13,14). The van der Waals surface area contributed by atoms with Crippen LogP contribution in [-0.4, -0.2) is 30.9 Å². The zero-order valence-corrected chi connectivity index (χ0v) is 10.4. The molecule has 0 radical (unpaired) electrons. The van der Waals surface area contributed by atoms with Gasteiger partial charge in [0.25, 0.3) is 0 Å². The fraction of sp³-hybridized carbons (Fsp3) is 0.545. The molecule has 0 amide bonds. The number of nitrogens with two attached hydrogens (primary N) is 1. The third kappa shape index (κ3) is 3.41. The summed E-state index contributed by atoms with van der Waals surface area (Å²) >= 11 is 0. The fourth-order valence-electron chi connectivity index (χ4n) is 2.03. The second-order valence-corrected chi connectivity index (χ2v) is 6.58. The maximum Gasteiger partial charge on any atom is 0.152 e. The van der Waals surface area contributed by atoms with Crippen LogP contribution < -0.4 is 11.1 Å². The number of pyridine rings is 1. The third-order valence-electron chi connectivity index (χ3n) is 2.88. The van der Waals surface area contributed by atoms with Crippen molar-refractivity contribution in [3.63, 3.8) is 0 Å². The Morgan fingerprint density at radius 1 is 1.53 bits per heavy atom. The Kier molecular flexibility index (Phi) is 3.63. The Labute approximate surface area is 101 Å². The number of sulfone groups is 1. The molecule has 6 heteroatoms. The monoisotopic (exact) mass is 255 g/mol. The van der Waals surface area contributed by atoms with Crippen LogP contribution in [0.3, 0.4) is 0 Å². The highest BCUT2D eigenvalue weighted by atomic mass is 32.2. The molecule has 1 aromatic rings. The molecule has 17 heavy (non-hydrogen) atoms. The van der Waals surface area contributed by atoms with E-state index in [-0.39, 0.29) is 11.8 Å². The first kappa shape index (κ1) is 12.3. The van der Waals surface area contributed by atoms with Crippen LogP contribution in [-0.2, 0) is 16.4 Å². The molecule has 1 aromatic heterocycles. The van der Waals surface area contributed by atoms with E-state index in [9.17, 15) is 8.42 Å². The molecular formula is C11H17N3O2S. The lowest BCUT2D eigenvalue weighted by atomic mass is 10.2. The number of nitrogens with one attached hydrogen (secondary N) is 1. The average Bonchev–Trinajstić information content (AvgIpc) is 2.28. The van der Waals surface area contributed by atoms with E-state index in [1.165, 1.54) is 0 Å². The third-order valence-corrected chi connectivity index (χ3v) is 4.70. The summed E-state index contributed by atoms with van der Waals surface area (Å²) in [4.78, 5) is 4.17. The minimum atomic E-state index is -2.88. The van der Waals surface area contributed by atoms with Crippen molar-refractivity contribution in [3.05, 3.63) is 23.9 Å². The summed E-state index contributed by atoms with van der Waals surface area (Å²) < 4.78 is 23.0. The van der Waals surface area contributed by atoms with E-state index in [1.807, 2.05) is 12.1 Å². The number of hydrogen-bond donors (Lipinski definition) is 2. The van der Waals surface area contributed by atoms with E-state index < -0.39 is 9.84 Å². The zero-order valence-electron chi connectivity index (χ0n) is 9.59. The van der Waals surface area contributed by atoms with Crippen molar-refractivity contribution in [3.8, 4) is 0 Å². The van der Waals surface area contributed by atoms with Crippen molar-refractivity contribution in [2.45, 2.75) is 25.4 Å². The molecular weight excluding hydrogens is 238 g/mol. The van der Waals surface area contributed by atoms with Gasteiger partial charge in [0.15, 0.2) is 9.84 Å². The van der Waals surface area contributed by atoms with Gasteiger partial charge in [-0.1, -0.05) is 0 Å². The van der Waals surface area contributed by atoms with Crippen molar-refractivity contribution >= 4 is 15.7 Å². The summed E-state index contributed by atoms with van der Waals surface area (Å²) in [5, 5.41) is 3.17. The lowest BCUT2D eigenvalue weighted by Crippen LogP contribution is -2.35. The van der Waals surface area contributed by atoms with Crippen LogP contribution in [0, 0.1) is 0 Å². The minimum Gasteiger partial charge on any atom is -0.366 e. The van der Waals surface area contributed by atoms with E-state index in [1.54, 1.807) is 6.20 Å². The molecule has 0 spiro atoms. The molecule has 1 fully saturated rings. The quantitative estimate of drug-likeness (QED) is 0.823. The molecule has 0 aliphatic carbocycles. The molecule has 5 nitrogen and oxygen atoms in total. The Bertz CT molecular complexity index is 487. The first-order valence-electron chi connectivity index (χ1n) is 5.71. The summed E-state index contributed by atoms with van der Waals surface area (Å²) in [7, 11) is -2.88. The first-order valence-corrected chi connectivity index (χ1v) is 7.53.